The number of hydrogen-bond donors (Lipinski definition) is 2. The van der Waals surface area contributed by atoms with E-state index in [0.717, 1.165) is 17.9 Å². The van der Waals surface area contributed by atoms with E-state index in [4.69, 9.17) is 23.2 Å². The fourth-order valence-corrected chi connectivity index (χ4v) is 3.22. The molecule has 2 aliphatic rings. The summed E-state index contributed by atoms with van der Waals surface area (Å²) in [6.07, 6.45) is 5.24. The second-order valence-electron chi connectivity index (χ2n) is 4.99. The van der Waals surface area contributed by atoms with Gasteiger partial charge in [0.2, 0.25) is 0 Å². The normalized spacial score (nSPS) is 27.2. The Bertz CT molecular complexity index is 434. The van der Waals surface area contributed by atoms with Crippen molar-refractivity contribution in [2.24, 2.45) is 5.92 Å². The zero-order valence-electron chi connectivity index (χ0n) is 9.60. The standard InChI is InChI=1S/C13H16Cl2N2/c14-9-5-12-13(6-10(9)15)17-11-4-2-1-3-8(11)7-16-12/h5-6,8,11,16-17H,1-4,7H2. The molecule has 0 bridgehead atoms. The topological polar surface area (TPSA) is 24.1 Å². The first-order valence-electron chi connectivity index (χ1n) is 6.23. The Morgan fingerprint density at radius 2 is 1.71 bits per heavy atom. The van der Waals surface area contributed by atoms with Gasteiger partial charge >= 0.3 is 0 Å². The molecule has 0 amide bonds. The first-order chi connectivity index (χ1) is 8.24. The van der Waals surface area contributed by atoms with Gasteiger partial charge in [0.25, 0.3) is 0 Å². The minimum atomic E-state index is 0.578. The third-order valence-corrected chi connectivity index (χ3v) is 4.59. The van der Waals surface area contributed by atoms with Crippen LogP contribution in [0.4, 0.5) is 11.4 Å². The molecule has 1 aromatic carbocycles. The first-order valence-corrected chi connectivity index (χ1v) is 6.99. The summed E-state index contributed by atoms with van der Waals surface area (Å²) in [5.41, 5.74) is 2.17. The monoisotopic (exact) mass is 270 g/mol. The lowest BCUT2D eigenvalue weighted by atomic mass is 9.84. The van der Waals surface area contributed by atoms with Crippen LogP contribution in [0, 0.1) is 5.92 Å². The van der Waals surface area contributed by atoms with Crippen molar-refractivity contribution < 1.29 is 0 Å². The van der Waals surface area contributed by atoms with Crippen molar-refractivity contribution in [2.75, 3.05) is 17.2 Å². The molecular weight excluding hydrogens is 255 g/mol. The van der Waals surface area contributed by atoms with Gasteiger partial charge in [-0.2, -0.15) is 0 Å². The summed E-state index contributed by atoms with van der Waals surface area (Å²) in [5.74, 6) is 0.716. The van der Waals surface area contributed by atoms with Crippen LogP contribution in [0.2, 0.25) is 10.0 Å². The van der Waals surface area contributed by atoms with E-state index < -0.39 is 0 Å². The van der Waals surface area contributed by atoms with Gasteiger partial charge in [-0.3, -0.25) is 0 Å². The molecule has 1 aromatic rings. The third-order valence-electron chi connectivity index (χ3n) is 3.87. The maximum atomic E-state index is 6.07. The van der Waals surface area contributed by atoms with E-state index in [1.807, 2.05) is 12.1 Å². The average molecular weight is 271 g/mol. The fourth-order valence-electron chi connectivity index (χ4n) is 2.90. The molecule has 17 heavy (non-hydrogen) atoms. The molecule has 2 N–H and O–H groups in total. The van der Waals surface area contributed by atoms with Gasteiger partial charge in [-0.25, -0.2) is 0 Å². The van der Waals surface area contributed by atoms with Crippen molar-refractivity contribution in [3.8, 4) is 0 Å². The molecule has 1 fully saturated rings. The van der Waals surface area contributed by atoms with Gasteiger partial charge in [-0.05, 0) is 30.9 Å². The van der Waals surface area contributed by atoms with Crippen LogP contribution in [0.15, 0.2) is 12.1 Å². The maximum Gasteiger partial charge on any atom is 0.0614 e. The molecule has 1 aliphatic carbocycles. The van der Waals surface area contributed by atoms with Crippen molar-refractivity contribution in [3.63, 3.8) is 0 Å². The number of rotatable bonds is 0. The van der Waals surface area contributed by atoms with E-state index in [9.17, 15) is 0 Å². The summed E-state index contributed by atoms with van der Waals surface area (Å²) in [7, 11) is 0. The molecule has 1 aliphatic heterocycles. The number of fused-ring (bicyclic) bond motifs is 2. The second-order valence-corrected chi connectivity index (χ2v) is 5.80. The predicted octanol–water partition coefficient (Wildman–Crippen LogP) is 4.39. The Labute approximate surface area is 112 Å². The summed E-state index contributed by atoms with van der Waals surface area (Å²) in [6.45, 7) is 1.03. The maximum absolute atomic E-state index is 6.07. The van der Waals surface area contributed by atoms with Crippen molar-refractivity contribution >= 4 is 34.6 Å². The van der Waals surface area contributed by atoms with Crippen LogP contribution in [0.25, 0.3) is 0 Å². The SMILES string of the molecule is Clc1cc2c(cc1Cl)NC1CCCCC1CN2. The van der Waals surface area contributed by atoms with E-state index >= 15 is 0 Å². The predicted molar refractivity (Wildman–Crippen MR) is 74.3 cm³/mol. The molecule has 3 rings (SSSR count). The second kappa shape index (κ2) is 4.58. The zero-order chi connectivity index (χ0) is 11.8. The number of benzene rings is 1. The van der Waals surface area contributed by atoms with Gasteiger partial charge in [0.1, 0.15) is 0 Å². The van der Waals surface area contributed by atoms with Crippen molar-refractivity contribution in [1.82, 2.24) is 0 Å². The molecule has 0 aromatic heterocycles. The van der Waals surface area contributed by atoms with Gasteiger partial charge in [-0.15, -0.1) is 0 Å². The highest BCUT2D eigenvalue weighted by Crippen LogP contribution is 2.38. The largest absolute Gasteiger partial charge is 0.383 e. The van der Waals surface area contributed by atoms with E-state index in [-0.39, 0.29) is 0 Å². The molecule has 92 valence electrons. The Morgan fingerprint density at radius 3 is 2.53 bits per heavy atom. The molecule has 2 atom stereocenters. The highest BCUT2D eigenvalue weighted by atomic mass is 35.5. The number of halogens is 2. The van der Waals surface area contributed by atoms with Crippen LogP contribution < -0.4 is 10.6 Å². The smallest absolute Gasteiger partial charge is 0.0614 e. The van der Waals surface area contributed by atoms with Gasteiger partial charge in [0.15, 0.2) is 0 Å². The van der Waals surface area contributed by atoms with Crippen LogP contribution in [-0.4, -0.2) is 12.6 Å². The summed E-state index contributed by atoms with van der Waals surface area (Å²) in [6, 6.07) is 4.43. The summed E-state index contributed by atoms with van der Waals surface area (Å²) >= 11 is 12.1. The van der Waals surface area contributed by atoms with Crippen LogP contribution >= 0.6 is 23.2 Å². The Hall–Kier alpha value is -0.600. The Morgan fingerprint density at radius 1 is 1.00 bits per heavy atom. The minimum absolute atomic E-state index is 0.578. The van der Waals surface area contributed by atoms with Crippen LogP contribution in [0.5, 0.6) is 0 Å². The summed E-state index contributed by atoms with van der Waals surface area (Å²) in [5, 5.41) is 8.35. The van der Waals surface area contributed by atoms with Crippen molar-refractivity contribution in [2.45, 2.75) is 31.7 Å². The molecule has 4 heteroatoms. The van der Waals surface area contributed by atoms with Gasteiger partial charge < -0.3 is 10.6 Å². The van der Waals surface area contributed by atoms with Gasteiger partial charge in [0.05, 0.1) is 21.4 Å². The first kappa shape index (κ1) is 11.5. The molecular formula is C13H16Cl2N2. The molecule has 2 unspecified atom stereocenters. The molecule has 2 nitrogen and oxygen atoms in total. The highest BCUT2D eigenvalue weighted by Gasteiger charge is 2.28. The van der Waals surface area contributed by atoms with Gasteiger partial charge in [-0.1, -0.05) is 36.0 Å². The van der Waals surface area contributed by atoms with E-state index in [1.165, 1.54) is 25.7 Å². The summed E-state index contributed by atoms with van der Waals surface area (Å²) in [4.78, 5) is 0. The molecule has 0 saturated heterocycles. The minimum Gasteiger partial charge on any atom is -0.383 e. The van der Waals surface area contributed by atoms with Crippen LogP contribution in [-0.2, 0) is 0 Å². The lowest BCUT2D eigenvalue weighted by Gasteiger charge is -2.30. The zero-order valence-corrected chi connectivity index (χ0v) is 11.1. The average Bonchev–Trinajstić information content (AvgIpc) is 2.49. The fraction of sp³-hybridized carbons (Fsp3) is 0.538. The lowest BCUT2D eigenvalue weighted by Crippen LogP contribution is -2.34. The van der Waals surface area contributed by atoms with Crippen LogP contribution in [0.3, 0.4) is 0 Å². The third kappa shape index (κ3) is 2.21. The Kier molecular flexibility index (Phi) is 3.10. The number of anilines is 2. The van der Waals surface area contributed by atoms with E-state index in [0.29, 0.717) is 22.0 Å². The lowest BCUT2D eigenvalue weighted by molar-refractivity contribution is 0.342. The van der Waals surface area contributed by atoms with Crippen molar-refractivity contribution in [3.05, 3.63) is 22.2 Å². The molecule has 0 radical (unpaired) electrons. The Balaban J connectivity index is 1.93. The summed E-state index contributed by atoms with van der Waals surface area (Å²) < 4.78 is 0. The number of nitrogens with one attached hydrogen (secondary N) is 2. The number of hydrogen-bond acceptors (Lipinski definition) is 2. The van der Waals surface area contributed by atoms with Crippen LogP contribution in [0.1, 0.15) is 25.7 Å². The molecule has 1 heterocycles. The molecule has 1 saturated carbocycles. The van der Waals surface area contributed by atoms with E-state index in [1.54, 1.807) is 0 Å². The van der Waals surface area contributed by atoms with E-state index in [2.05, 4.69) is 10.6 Å². The molecule has 0 spiro atoms. The van der Waals surface area contributed by atoms with Gasteiger partial charge in [0, 0.05) is 12.6 Å². The quantitative estimate of drug-likeness (QED) is 0.731. The highest BCUT2D eigenvalue weighted by molar-refractivity contribution is 6.42. The van der Waals surface area contributed by atoms with Crippen molar-refractivity contribution in [1.29, 1.82) is 0 Å².